The van der Waals surface area contributed by atoms with Crippen molar-refractivity contribution in [2.75, 3.05) is 19.7 Å². The van der Waals surface area contributed by atoms with E-state index in [0.717, 1.165) is 17.2 Å². The molecule has 0 bridgehead atoms. The standard InChI is InChI=1S/C13H19N3OS2/c1-2-16(4-5-17)12(10-3-6-18-8-10)13-15-11(7-14)9-19-13/h3,6,8-9,12,17H,2,4-5,7,14H2,1H3. The summed E-state index contributed by atoms with van der Waals surface area (Å²) in [6.45, 7) is 4.25. The van der Waals surface area contributed by atoms with Crippen LogP contribution in [0.1, 0.15) is 29.2 Å². The predicted molar refractivity (Wildman–Crippen MR) is 80.5 cm³/mol. The number of nitrogens with two attached hydrogens (primary N) is 1. The highest BCUT2D eigenvalue weighted by molar-refractivity contribution is 7.10. The van der Waals surface area contributed by atoms with Crippen molar-refractivity contribution >= 4 is 22.7 Å². The Bertz CT molecular complexity index is 484. The Labute approximate surface area is 121 Å². The topological polar surface area (TPSA) is 62.4 Å². The Morgan fingerprint density at radius 1 is 1.47 bits per heavy atom. The number of aliphatic hydroxyl groups is 1. The Balaban J connectivity index is 2.33. The quantitative estimate of drug-likeness (QED) is 0.821. The molecule has 0 saturated heterocycles. The maximum Gasteiger partial charge on any atom is 0.115 e. The van der Waals surface area contributed by atoms with Gasteiger partial charge in [0.15, 0.2) is 0 Å². The van der Waals surface area contributed by atoms with E-state index >= 15 is 0 Å². The van der Waals surface area contributed by atoms with E-state index in [1.807, 2.05) is 5.38 Å². The summed E-state index contributed by atoms with van der Waals surface area (Å²) in [6.07, 6.45) is 0. The van der Waals surface area contributed by atoms with E-state index in [1.165, 1.54) is 5.56 Å². The monoisotopic (exact) mass is 297 g/mol. The van der Waals surface area contributed by atoms with E-state index in [9.17, 15) is 5.11 Å². The molecule has 2 rings (SSSR count). The van der Waals surface area contributed by atoms with Crippen LogP contribution < -0.4 is 5.73 Å². The van der Waals surface area contributed by atoms with Gasteiger partial charge in [-0.1, -0.05) is 6.92 Å². The number of hydrogen-bond donors (Lipinski definition) is 2. The van der Waals surface area contributed by atoms with Crippen molar-refractivity contribution in [1.82, 2.24) is 9.88 Å². The molecule has 2 heterocycles. The zero-order valence-electron chi connectivity index (χ0n) is 11.0. The smallest absolute Gasteiger partial charge is 0.115 e. The Morgan fingerprint density at radius 2 is 2.32 bits per heavy atom. The lowest BCUT2D eigenvalue weighted by Crippen LogP contribution is -2.31. The van der Waals surface area contributed by atoms with Crippen LogP contribution in [0.2, 0.25) is 0 Å². The van der Waals surface area contributed by atoms with Crippen LogP contribution in [0.25, 0.3) is 0 Å². The predicted octanol–water partition coefficient (Wildman–Crippen LogP) is 2.07. The Hall–Kier alpha value is -0.790. The first-order valence-electron chi connectivity index (χ1n) is 6.31. The largest absolute Gasteiger partial charge is 0.395 e. The van der Waals surface area contributed by atoms with Crippen LogP contribution in [0.15, 0.2) is 22.2 Å². The van der Waals surface area contributed by atoms with E-state index in [2.05, 4.69) is 33.6 Å². The summed E-state index contributed by atoms with van der Waals surface area (Å²) < 4.78 is 0. The first-order valence-corrected chi connectivity index (χ1v) is 8.13. The highest BCUT2D eigenvalue weighted by Crippen LogP contribution is 2.31. The van der Waals surface area contributed by atoms with Crippen molar-refractivity contribution in [2.45, 2.75) is 19.5 Å². The molecule has 0 aromatic carbocycles. The van der Waals surface area contributed by atoms with Crippen molar-refractivity contribution < 1.29 is 5.11 Å². The van der Waals surface area contributed by atoms with Gasteiger partial charge in [-0.15, -0.1) is 11.3 Å². The van der Waals surface area contributed by atoms with E-state index in [1.54, 1.807) is 22.7 Å². The molecule has 0 amide bonds. The minimum absolute atomic E-state index is 0.119. The van der Waals surface area contributed by atoms with Gasteiger partial charge in [-0.05, 0) is 28.9 Å². The number of nitrogens with zero attached hydrogens (tertiary/aromatic N) is 2. The fourth-order valence-corrected chi connectivity index (χ4v) is 3.75. The molecular formula is C13H19N3OS2. The average molecular weight is 297 g/mol. The van der Waals surface area contributed by atoms with Crippen LogP contribution in [0.5, 0.6) is 0 Å². The normalized spacial score (nSPS) is 13.1. The summed E-state index contributed by atoms with van der Waals surface area (Å²) in [5, 5.41) is 16.5. The lowest BCUT2D eigenvalue weighted by atomic mass is 10.1. The van der Waals surface area contributed by atoms with Crippen LogP contribution in [-0.2, 0) is 6.54 Å². The first-order chi connectivity index (χ1) is 9.30. The third-order valence-electron chi connectivity index (χ3n) is 3.03. The van der Waals surface area contributed by atoms with Crippen molar-refractivity contribution in [2.24, 2.45) is 5.73 Å². The van der Waals surface area contributed by atoms with Gasteiger partial charge in [-0.3, -0.25) is 4.90 Å². The number of likely N-dealkylation sites (N-methyl/N-ethyl adjacent to an activating group) is 1. The van der Waals surface area contributed by atoms with Crippen LogP contribution in [0, 0.1) is 0 Å². The maximum atomic E-state index is 9.24. The number of rotatable bonds is 7. The molecule has 0 saturated carbocycles. The molecule has 0 aliphatic rings. The van der Waals surface area contributed by atoms with Gasteiger partial charge in [0, 0.05) is 18.5 Å². The molecular weight excluding hydrogens is 278 g/mol. The molecule has 0 radical (unpaired) electrons. The second kappa shape index (κ2) is 7.12. The second-order valence-electron chi connectivity index (χ2n) is 4.19. The maximum absolute atomic E-state index is 9.24. The van der Waals surface area contributed by atoms with Gasteiger partial charge >= 0.3 is 0 Å². The van der Waals surface area contributed by atoms with Crippen molar-refractivity contribution in [1.29, 1.82) is 0 Å². The lowest BCUT2D eigenvalue weighted by Gasteiger charge is -2.28. The fourth-order valence-electron chi connectivity index (χ4n) is 2.08. The highest BCUT2D eigenvalue weighted by atomic mass is 32.1. The van der Waals surface area contributed by atoms with Crippen molar-refractivity contribution in [3.8, 4) is 0 Å². The molecule has 19 heavy (non-hydrogen) atoms. The Kier molecular flexibility index (Phi) is 5.47. The second-order valence-corrected chi connectivity index (χ2v) is 5.86. The van der Waals surface area contributed by atoms with Gasteiger partial charge < -0.3 is 10.8 Å². The Morgan fingerprint density at radius 3 is 2.84 bits per heavy atom. The minimum atomic E-state index is 0.119. The number of thiophene rings is 1. The molecule has 1 unspecified atom stereocenters. The number of aliphatic hydroxyl groups excluding tert-OH is 1. The average Bonchev–Trinajstić information content (AvgIpc) is 3.09. The van der Waals surface area contributed by atoms with Gasteiger partial charge in [0.05, 0.1) is 18.3 Å². The number of hydrogen-bond acceptors (Lipinski definition) is 6. The van der Waals surface area contributed by atoms with Crippen LogP contribution in [-0.4, -0.2) is 34.7 Å². The number of thiazole rings is 1. The summed E-state index contributed by atoms with van der Waals surface area (Å²) >= 11 is 3.32. The van der Waals surface area contributed by atoms with E-state index in [4.69, 9.17) is 5.73 Å². The van der Waals surface area contributed by atoms with Gasteiger partial charge in [0.1, 0.15) is 5.01 Å². The first kappa shape index (κ1) is 14.6. The van der Waals surface area contributed by atoms with Crippen molar-refractivity contribution in [3.05, 3.63) is 38.5 Å². The third-order valence-corrected chi connectivity index (χ3v) is 4.68. The SMILES string of the molecule is CCN(CCO)C(c1ccsc1)c1nc(CN)cs1. The third kappa shape index (κ3) is 3.40. The molecule has 3 N–H and O–H groups in total. The van der Waals surface area contributed by atoms with Gasteiger partial charge in [-0.25, -0.2) is 4.98 Å². The molecule has 4 nitrogen and oxygen atoms in total. The van der Waals surface area contributed by atoms with Crippen LogP contribution in [0.3, 0.4) is 0 Å². The molecule has 6 heteroatoms. The zero-order chi connectivity index (χ0) is 13.7. The van der Waals surface area contributed by atoms with E-state index in [0.29, 0.717) is 13.1 Å². The molecule has 0 spiro atoms. The van der Waals surface area contributed by atoms with E-state index in [-0.39, 0.29) is 12.6 Å². The molecule has 0 aliphatic heterocycles. The molecule has 104 valence electrons. The fraction of sp³-hybridized carbons (Fsp3) is 0.462. The molecule has 0 fully saturated rings. The van der Waals surface area contributed by atoms with Gasteiger partial charge in [0.2, 0.25) is 0 Å². The summed E-state index contributed by atoms with van der Waals surface area (Å²) in [4.78, 5) is 6.85. The summed E-state index contributed by atoms with van der Waals surface area (Å²) in [7, 11) is 0. The zero-order valence-corrected chi connectivity index (χ0v) is 12.6. The molecule has 1 atom stereocenters. The van der Waals surface area contributed by atoms with Crippen molar-refractivity contribution in [3.63, 3.8) is 0 Å². The highest BCUT2D eigenvalue weighted by Gasteiger charge is 2.24. The van der Waals surface area contributed by atoms with E-state index < -0.39 is 0 Å². The van der Waals surface area contributed by atoms with Crippen LogP contribution >= 0.6 is 22.7 Å². The van der Waals surface area contributed by atoms with Gasteiger partial charge in [0.25, 0.3) is 0 Å². The molecule has 2 aromatic rings. The van der Waals surface area contributed by atoms with Gasteiger partial charge in [-0.2, -0.15) is 11.3 Å². The molecule has 0 aliphatic carbocycles. The summed E-state index contributed by atoms with van der Waals surface area (Å²) in [5.41, 5.74) is 7.81. The number of aromatic nitrogens is 1. The summed E-state index contributed by atoms with van der Waals surface area (Å²) in [6, 6.07) is 2.24. The molecule has 2 aromatic heterocycles. The van der Waals surface area contributed by atoms with Crippen LogP contribution in [0.4, 0.5) is 0 Å². The minimum Gasteiger partial charge on any atom is -0.395 e. The lowest BCUT2D eigenvalue weighted by molar-refractivity contribution is 0.174. The summed E-state index contributed by atoms with van der Waals surface area (Å²) in [5.74, 6) is 0.